The lowest BCUT2D eigenvalue weighted by Crippen LogP contribution is -2.33. The second kappa shape index (κ2) is 9.22. The van der Waals surface area contributed by atoms with Gasteiger partial charge < -0.3 is 9.84 Å². The zero-order valence-corrected chi connectivity index (χ0v) is 19.1. The van der Waals surface area contributed by atoms with Crippen molar-refractivity contribution in [1.29, 1.82) is 0 Å². The fourth-order valence-corrected chi connectivity index (χ4v) is 3.74. The standard InChI is InChI=1S/C27H20F5NO3/c1-15(2)36-20-10-7-17(8-11-20)16-3-5-18(6-4-16)24-14-22(25(34)35)21-13-19(9-12-23(21)33-24)26(28,29)27(30,31)32/h3-15H,1-2H3,(H,34,35). The molecule has 0 aliphatic carbocycles. The molecule has 0 saturated carbocycles. The van der Waals surface area contributed by atoms with Gasteiger partial charge in [-0.2, -0.15) is 22.0 Å². The van der Waals surface area contributed by atoms with Crippen LogP contribution in [0.15, 0.2) is 72.8 Å². The minimum Gasteiger partial charge on any atom is -0.491 e. The Bertz CT molecular complexity index is 1410. The number of carboxylic acids is 1. The third-order valence-electron chi connectivity index (χ3n) is 5.50. The largest absolute Gasteiger partial charge is 0.491 e. The van der Waals surface area contributed by atoms with Crippen LogP contribution in [0.3, 0.4) is 0 Å². The first kappa shape index (κ1) is 25.1. The van der Waals surface area contributed by atoms with E-state index in [2.05, 4.69) is 4.98 Å². The third kappa shape index (κ3) is 4.86. The van der Waals surface area contributed by atoms with Crippen LogP contribution < -0.4 is 4.74 Å². The van der Waals surface area contributed by atoms with Crippen molar-refractivity contribution in [3.8, 4) is 28.1 Å². The van der Waals surface area contributed by atoms with Crippen LogP contribution in [-0.4, -0.2) is 28.3 Å². The minimum absolute atomic E-state index is 0.0172. The Labute approximate surface area is 203 Å². The van der Waals surface area contributed by atoms with Crippen LogP contribution in [0.2, 0.25) is 0 Å². The highest BCUT2D eigenvalue weighted by Gasteiger charge is 2.58. The van der Waals surface area contributed by atoms with Crippen LogP contribution in [0.5, 0.6) is 5.75 Å². The van der Waals surface area contributed by atoms with Crippen LogP contribution in [0, 0.1) is 0 Å². The molecule has 186 valence electrons. The first-order chi connectivity index (χ1) is 16.9. The van der Waals surface area contributed by atoms with Gasteiger partial charge in [0, 0.05) is 16.5 Å². The lowest BCUT2D eigenvalue weighted by Gasteiger charge is -2.20. The summed E-state index contributed by atoms with van der Waals surface area (Å²) in [6.45, 7) is 3.86. The Morgan fingerprint density at radius 1 is 0.833 bits per heavy atom. The summed E-state index contributed by atoms with van der Waals surface area (Å²) < 4.78 is 71.7. The van der Waals surface area contributed by atoms with Gasteiger partial charge in [0.25, 0.3) is 0 Å². The van der Waals surface area contributed by atoms with E-state index in [-0.39, 0.29) is 22.7 Å². The van der Waals surface area contributed by atoms with Crippen molar-refractivity contribution >= 4 is 16.9 Å². The zero-order valence-electron chi connectivity index (χ0n) is 19.1. The SMILES string of the molecule is CC(C)Oc1ccc(-c2ccc(-c3cc(C(=O)O)c4cc(C(F)(F)C(F)(F)F)ccc4n3)cc2)cc1. The second-order valence-corrected chi connectivity index (χ2v) is 8.43. The Morgan fingerprint density at radius 2 is 1.39 bits per heavy atom. The van der Waals surface area contributed by atoms with Crippen LogP contribution in [0.25, 0.3) is 33.3 Å². The number of halogens is 5. The maximum absolute atomic E-state index is 13.8. The van der Waals surface area contributed by atoms with Gasteiger partial charge in [-0.3, -0.25) is 0 Å². The van der Waals surface area contributed by atoms with E-state index < -0.39 is 29.2 Å². The van der Waals surface area contributed by atoms with Gasteiger partial charge in [0.2, 0.25) is 0 Å². The number of hydrogen-bond acceptors (Lipinski definition) is 3. The molecule has 36 heavy (non-hydrogen) atoms. The first-order valence-electron chi connectivity index (χ1n) is 10.9. The Kier molecular flexibility index (Phi) is 6.43. The monoisotopic (exact) mass is 501 g/mol. The van der Waals surface area contributed by atoms with Gasteiger partial charge in [0.1, 0.15) is 5.75 Å². The second-order valence-electron chi connectivity index (χ2n) is 8.43. The summed E-state index contributed by atoms with van der Waals surface area (Å²) in [5.74, 6) is -5.87. The van der Waals surface area contributed by atoms with Crippen molar-refractivity contribution in [2.24, 2.45) is 0 Å². The van der Waals surface area contributed by atoms with Gasteiger partial charge >= 0.3 is 18.1 Å². The van der Waals surface area contributed by atoms with Crippen molar-refractivity contribution < 1.29 is 36.6 Å². The van der Waals surface area contributed by atoms with Crippen LogP contribution >= 0.6 is 0 Å². The third-order valence-corrected chi connectivity index (χ3v) is 5.50. The molecule has 0 saturated heterocycles. The molecular formula is C27H20F5NO3. The molecule has 0 amide bonds. The number of benzene rings is 3. The normalized spacial score (nSPS) is 12.2. The summed E-state index contributed by atoms with van der Waals surface area (Å²) >= 11 is 0. The number of aromatic carboxylic acids is 1. The smallest absolute Gasteiger partial charge is 0.458 e. The predicted molar refractivity (Wildman–Crippen MR) is 125 cm³/mol. The Balaban J connectivity index is 1.71. The summed E-state index contributed by atoms with van der Waals surface area (Å²) in [7, 11) is 0. The molecule has 0 atom stereocenters. The summed E-state index contributed by atoms with van der Waals surface area (Å²) in [5.41, 5.74) is 0.793. The number of nitrogens with zero attached hydrogens (tertiary/aromatic N) is 1. The van der Waals surface area contributed by atoms with Crippen LogP contribution in [0.4, 0.5) is 22.0 Å². The lowest BCUT2D eigenvalue weighted by atomic mass is 9.98. The number of rotatable bonds is 6. The van der Waals surface area contributed by atoms with Gasteiger partial charge in [-0.15, -0.1) is 0 Å². The molecule has 0 radical (unpaired) electrons. The number of carboxylic acid groups (broad SMARTS) is 1. The summed E-state index contributed by atoms with van der Waals surface area (Å²) in [4.78, 5) is 16.2. The van der Waals surface area contributed by atoms with Gasteiger partial charge in [-0.1, -0.05) is 42.5 Å². The number of pyridine rings is 1. The topological polar surface area (TPSA) is 59.4 Å². The molecule has 0 bridgehead atoms. The van der Waals surface area contributed by atoms with Gasteiger partial charge in [-0.25, -0.2) is 9.78 Å². The van der Waals surface area contributed by atoms with E-state index in [1.807, 2.05) is 50.2 Å². The van der Waals surface area contributed by atoms with E-state index in [0.29, 0.717) is 17.7 Å². The van der Waals surface area contributed by atoms with E-state index in [9.17, 15) is 31.9 Å². The predicted octanol–water partition coefficient (Wildman–Crippen LogP) is 7.71. The van der Waals surface area contributed by atoms with E-state index in [1.54, 1.807) is 12.1 Å². The van der Waals surface area contributed by atoms with Crippen LogP contribution in [-0.2, 0) is 5.92 Å². The molecule has 1 N–H and O–H groups in total. The van der Waals surface area contributed by atoms with Gasteiger partial charge in [0.15, 0.2) is 0 Å². The highest BCUT2D eigenvalue weighted by molar-refractivity contribution is 6.04. The highest BCUT2D eigenvalue weighted by atomic mass is 19.4. The number of hydrogen-bond donors (Lipinski definition) is 1. The van der Waals surface area contributed by atoms with Crippen molar-refractivity contribution in [3.05, 3.63) is 83.9 Å². The van der Waals surface area contributed by atoms with Crippen molar-refractivity contribution in [2.45, 2.75) is 32.1 Å². The highest BCUT2D eigenvalue weighted by Crippen LogP contribution is 2.44. The molecule has 3 aromatic carbocycles. The van der Waals surface area contributed by atoms with E-state index in [1.165, 1.54) is 0 Å². The quantitative estimate of drug-likeness (QED) is 0.275. The van der Waals surface area contributed by atoms with E-state index >= 15 is 0 Å². The fraction of sp³-hybridized carbons (Fsp3) is 0.185. The fourth-order valence-electron chi connectivity index (χ4n) is 3.74. The number of ether oxygens (including phenoxy) is 1. The molecule has 0 aliphatic rings. The van der Waals surface area contributed by atoms with Crippen molar-refractivity contribution in [2.75, 3.05) is 0 Å². The van der Waals surface area contributed by atoms with Crippen LogP contribution in [0.1, 0.15) is 29.8 Å². The Hall–Kier alpha value is -4.01. The molecule has 0 unspecified atom stereocenters. The number of aromatic nitrogens is 1. The number of fused-ring (bicyclic) bond motifs is 1. The molecule has 0 spiro atoms. The maximum atomic E-state index is 13.8. The maximum Gasteiger partial charge on any atom is 0.458 e. The molecule has 4 rings (SSSR count). The van der Waals surface area contributed by atoms with Gasteiger partial charge in [0.05, 0.1) is 22.9 Å². The molecule has 4 aromatic rings. The van der Waals surface area contributed by atoms with Crippen molar-refractivity contribution in [1.82, 2.24) is 4.98 Å². The first-order valence-corrected chi connectivity index (χ1v) is 10.9. The average molecular weight is 501 g/mol. The molecule has 1 aromatic heterocycles. The zero-order chi connectivity index (χ0) is 26.3. The van der Waals surface area contributed by atoms with E-state index in [4.69, 9.17) is 4.74 Å². The molecular weight excluding hydrogens is 481 g/mol. The molecule has 4 nitrogen and oxygen atoms in total. The average Bonchev–Trinajstić information content (AvgIpc) is 2.82. The molecule has 1 heterocycles. The molecule has 9 heteroatoms. The lowest BCUT2D eigenvalue weighted by molar-refractivity contribution is -0.289. The van der Waals surface area contributed by atoms with Crippen molar-refractivity contribution in [3.63, 3.8) is 0 Å². The Morgan fingerprint density at radius 3 is 1.92 bits per heavy atom. The number of carbonyl (C=O) groups is 1. The molecule has 0 fully saturated rings. The summed E-state index contributed by atoms with van der Waals surface area (Å²) in [6.07, 6.45) is -5.77. The summed E-state index contributed by atoms with van der Waals surface area (Å²) in [6, 6.07) is 17.8. The molecule has 0 aliphatic heterocycles. The minimum atomic E-state index is -5.82. The van der Waals surface area contributed by atoms with E-state index in [0.717, 1.165) is 29.0 Å². The number of alkyl halides is 5. The summed E-state index contributed by atoms with van der Waals surface area (Å²) in [5, 5.41) is 9.32. The van der Waals surface area contributed by atoms with Gasteiger partial charge in [-0.05, 0) is 55.3 Å².